The summed E-state index contributed by atoms with van der Waals surface area (Å²) in [6.45, 7) is 0. The highest BCUT2D eigenvalue weighted by Crippen LogP contribution is 2.26. The van der Waals surface area contributed by atoms with Crippen molar-refractivity contribution < 1.29 is 14.3 Å². The Morgan fingerprint density at radius 1 is 0.862 bits per heavy atom. The molecule has 1 N–H and O–H groups in total. The summed E-state index contributed by atoms with van der Waals surface area (Å²) in [5.41, 5.74) is 0.535. The molecule has 1 aliphatic carbocycles. The van der Waals surface area contributed by atoms with Crippen molar-refractivity contribution in [3.63, 3.8) is 0 Å². The zero-order valence-corrected chi connectivity index (χ0v) is 16.0. The van der Waals surface area contributed by atoms with Crippen LogP contribution in [0.3, 0.4) is 0 Å². The van der Waals surface area contributed by atoms with Crippen molar-refractivity contribution in [3.8, 4) is 17.5 Å². The quantitative estimate of drug-likeness (QED) is 0.677. The number of amides is 1. The Morgan fingerprint density at radius 2 is 1.55 bits per heavy atom. The molecule has 1 fully saturated rings. The van der Waals surface area contributed by atoms with Crippen LogP contribution in [0, 0.1) is 0 Å². The summed E-state index contributed by atoms with van der Waals surface area (Å²) in [6, 6.07) is 19.1. The number of ether oxygens (including phenoxy) is 2. The zero-order chi connectivity index (χ0) is 19.9. The minimum Gasteiger partial charge on any atom is -0.460 e. The van der Waals surface area contributed by atoms with E-state index in [1.807, 2.05) is 48.5 Å². The third kappa shape index (κ3) is 5.10. The molecule has 1 saturated carbocycles. The SMILES string of the molecule is O=C(NC1CCC(Oc2ncccn2)CC1)c1ccccc1Oc1ccccc1. The molecular formula is C23H23N3O3. The van der Waals surface area contributed by atoms with Gasteiger partial charge in [0.05, 0.1) is 5.56 Å². The summed E-state index contributed by atoms with van der Waals surface area (Å²) in [6.07, 6.45) is 6.83. The van der Waals surface area contributed by atoms with E-state index in [0.29, 0.717) is 23.1 Å². The number of benzene rings is 2. The number of rotatable bonds is 6. The average Bonchev–Trinajstić information content (AvgIpc) is 2.77. The van der Waals surface area contributed by atoms with E-state index in [1.165, 1.54) is 0 Å². The zero-order valence-electron chi connectivity index (χ0n) is 16.0. The normalized spacial score (nSPS) is 18.6. The lowest BCUT2D eigenvalue weighted by molar-refractivity contribution is 0.0883. The third-order valence-corrected chi connectivity index (χ3v) is 4.93. The van der Waals surface area contributed by atoms with Crippen molar-refractivity contribution >= 4 is 5.91 Å². The summed E-state index contributed by atoms with van der Waals surface area (Å²) >= 11 is 0. The molecule has 29 heavy (non-hydrogen) atoms. The first kappa shape index (κ1) is 18.9. The predicted molar refractivity (Wildman–Crippen MR) is 109 cm³/mol. The van der Waals surface area contributed by atoms with Crippen LogP contribution in [-0.4, -0.2) is 28.0 Å². The van der Waals surface area contributed by atoms with Gasteiger partial charge in [0.25, 0.3) is 5.91 Å². The first-order valence-electron chi connectivity index (χ1n) is 9.84. The van der Waals surface area contributed by atoms with Crippen LogP contribution in [0.15, 0.2) is 73.1 Å². The summed E-state index contributed by atoms with van der Waals surface area (Å²) in [7, 11) is 0. The fourth-order valence-electron chi connectivity index (χ4n) is 3.44. The van der Waals surface area contributed by atoms with Gasteiger partial charge in [-0.2, -0.15) is 0 Å². The minimum atomic E-state index is -0.118. The van der Waals surface area contributed by atoms with Gasteiger partial charge in [0.2, 0.25) is 0 Å². The van der Waals surface area contributed by atoms with Gasteiger partial charge in [-0.1, -0.05) is 30.3 Å². The molecule has 1 aromatic heterocycles. The molecule has 3 aromatic rings. The lowest BCUT2D eigenvalue weighted by Crippen LogP contribution is -2.39. The van der Waals surface area contributed by atoms with Crippen LogP contribution in [-0.2, 0) is 0 Å². The van der Waals surface area contributed by atoms with Crippen molar-refractivity contribution in [2.75, 3.05) is 0 Å². The third-order valence-electron chi connectivity index (χ3n) is 4.93. The summed E-state index contributed by atoms with van der Waals surface area (Å²) in [5.74, 6) is 1.13. The molecule has 2 aromatic carbocycles. The van der Waals surface area contributed by atoms with Crippen molar-refractivity contribution in [1.29, 1.82) is 0 Å². The molecule has 0 unspecified atom stereocenters. The van der Waals surface area contributed by atoms with E-state index in [-0.39, 0.29) is 18.1 Å². The number of hydrogen-bond donors (Lipinski definition) is 1. The van der Waals surface area contributed by atoms with Crippen LogP contribution >= 0.6 is 0 Å². The molecule has 0 spiro atoms. The highest BCUT2D eigenvalue weighted by molar-refractivity contribution is 5.97. The molecular weight excluding hydrogens is 366 g/mol. The van der Waals surface area contributed by atoms with Crippen LogP contribution in [0.4, 0.5) is 0 Å². The molecule has 148 valence electrons. The fraction of sp³-hybridized carbons (Fsp3) is 0.261. The monoisotopic (exact) mass is 389 g/mol. The number of carbonyl (C=O) groups is 1. The van der Waals surface area contributed by atoms with Crippen LogP contribution in [0.1, 0.15) is 36.0 Å². The lowest BCUT2D eigenvalue weighted by atomic mass is 9.92. The van der Waals surface area contributed by atoms with Gasteiger partial charge < -0.3 is 14.8 Å². The van der Waals surface area contributed by atoms with E-state index < -0.39 is 0 Å². The molecule has 0 aliphatic heterocycles. The number of aromatic nitrogens is 2. The highest BCUT2D eigenvalue weighted by Gasteiger charge is 2.25. The number of nitrogens with zero attached hydrogens (tertiary/aromatic N) is 2. The lowest BCUT2D eigenvalue weighted by Gasteiger charge is -2.29. The molecule has 0 bridgehead atoms. The van der Waals surface area contributed by atoms with Gasteiger partial charge in [-0.15, -0.1) is 0 Å². The Kier molecular flexibility index (Phi) is 6.00. The van der Waals surface area contributed by atoms with Gasteiger partial charge in [-0.05, 0) is 56.0 Å². The molecule has 1 amide bonds. The van der Waals surface area contributed by atoms with Gasteiger partial charge in [0, 0.05) is 18.4 Å². The van der Waals surface area contributed by atoms with Crippen molar-refractivity contribution in [2.45, 2.75) is 37.8 Å². The second kappa shape index (κ2) is 9.19. The Bertz CT molecular complexity index is 926. The average molecular weight is 389 g/mol. The minimum absolute atomic E-state index is 0.0826. The molecule has 1 heterocycles. The topological polar surface area (TPSA) is 73.3 Å². The van der Waals surface area contributed by atoms with E-state index in [4.69, 9.17) is 9.47 Å². The van der Waals surface area contributed by atoms with Gasteiger partial charge in [0.1, 0.15) is 17.6 Å². The van der Waals surface area contributed by atoms with E-state index in [0.717, 1.165) is 25.7 Å². The van der Waals surface area contributed by atoms with Crippen LogP contribution in [0.5, 0.6) is 17.5 Å². The van der Waals surface area contributed by atoms with Crippen molar-refractivity contribution in [2.24, 2.45) is 0 Å². The van der Waals surface area contributed by atoms with E-state index in [2.05, 4.69) is 15.3 Å². The van der Waals surface area contributed by atoms with Gasteiger partial charge >= 0.3 is 6.01 Å². The van der Waals surface area contributed by atoms with E-state index in [9.17, 15) is 4.79 Å². The number of nitrogens with one attached hydrogen (secondary N) is 1. The Morgan fingerprint density at radius 3 is 2.31 bits per heavy atom. The predicted octanol–water partition coefficient (Wildman–Crippen LogP) is 4.39. The van der Waals surface area contributed by atoms with Crippen molar-refractivity contribution in [3.05, 3.63) is 78.6 Å². The summed E-state index contributed by atoms with van der Waals surface area (Å²) < 4.78 is 11.7. The maximum atomic E-state index is 12.9. The highest BCUT2D eigenvalue weighted by atomic mass is 16.5. The van der Waals surface area contributed by atoms with E-state index in [1.54, 1.807) is 24.5 Å². The molecule has 1 aliphatic rings. The van der Waals surface area contributed by atoms with Gasteiger partial charge in [-0.3, -0.25) is 4.79 Å². The number of carbonyl (C=O) groups excluding carboxylic acids is 1. The maximum Gasteiger partial charge on any atom is 0.316 e. The standard InChI is InChI=1S/C23H23N3O3/c27-22(20-9-4-5-10-21(20)28-18-7-2-1-3-8-18)26-17-11-13-19(14-12-17)29-23-24-15-6-16-25-23/h1-10,15-17,19H,11-14H2,(H,26,27). The fourth-order valence-corrected chi connectivity index (χ4v) is 3.44. The molecule has 0 radical (unpaired) electrons. The molecule has 6 nitrogen and oxygen atoms in total. The second-order valence-corrected chi connectivity index (χ2v) is 7.01. The van der Waals surface area contributed by atoms with Crippen molar-refractivity contribution in [1.82, 2.24) is 15.3 Å². The van der Waals surface area contributed by atoms with Gasteiger partial charge in [0.15, 0.2) is 0 Å². The van der Waals surface area contributed by atoms with E-state index >= 15 is 0 Å². The largest absolute Gasteiger partial charge is 0.460 e. The first-order chi connectivity index (χ1) is 14.3. The smallest absolute Gasteiger partial charge is 0.316 e. The number of hydrogen-bond acceptors (Lipinski definition) is 5. The molecule has 0 saturated heterocycles. The maximum absolute atomic E-state index is 12.9. The Hall–Kier alpha value is -3.41. The molecule has 4 rings (SSSR count). The summed E-state index contributed by atoms with van der Waals surface area (Å²) in [5, 5.41) is 3.14. The summed E-state index contributed by atoms with van der Waals surface area (Å²) in [4.78, 5) is 21.1. The molecule has 6 heteroatoms. The van der Waals surface area contributed by atoms with Crippen LogP contribution in [0.25, 0.3) is 0 Å². The Balaban J connectivity index is 1.33. The molecule has 0 atom stereocenters. The van der Waals surface area contributed by atoms with Crippen LogP contribution < -0.4 is 14.8 Å². The van der Waals surface area contributed by atoms with Crippen LogP contribution in [0.2, 0.25) is 0 Å². The van der Waals surface area contributed by atoms with Gasteiger partial charge in [-0.25, -0.2) is 9.97 Å². The Labute approximate surface area is 169 Å². The number of para-hydroxylation sites is 2. The first-order valence-corrected chi connectivity index (χ1v) is 9.84. The second-order valence-electron chi connectivity index (χ2n) is 7.01.